The van der Waals surface area contributed by atoms with Crippen molar-refractivity contribution in [2.24, 2.45) is 0 Å². The van der Waals surface area contributed by atoms with Gasteiger partial charge in [0.2, 0.25) is 11.8 Å². The van der Waals surface area contributed by atoms with E-state index in [0.717, 1.165) is 17.7 Å². The molecule has 0 fully saturated rings. The van der Waals surface area contributed by atoms with Gasteiger partial charge in [-0.25, -0.2) is 0 Å². The van der Waals surface area contributed by atoms with Crippen LogP contribution in [0.15, 0.2) is 83.3 Å². The molecule has 1 N–H and O–H groups in total. The molecule has 0 aliphatic carbocycles. The summed E-state index contributed by atoms with van der Waals surface area (Å²) in [7, 11) is 0. The summed E-state index contributed by atoms with van der Waals surface area (Å²) in [6.45, 7) is -0.367. The van der Waals surface area contributed by atoms with Crippen LogP contribution in [0.2, 0.25) is 0 Å². The van der Waals surface area contributed by atoms with Crippen LogP contribution in [-0.4, -0.2) is 22.7 Å². The van der Waals surface area contributed by atoms with Crippen LogP contribution in [0.5, 0.6) is 5.75 Å². The lowest BCUT2D eigenvalue weighted by molar-refractivity contribution is -0.137. The molecule has 0 unspecified atom stereocenters. The molecule has 3 aromatic carbocycles. The maximum atomic E-state index is 12.8. The first kappa shape index (κ1) is 21.1. The topological polar surface area (TPSA) is 77.2 Å². The highest BCUT2D eigenvalue weighted by Gasteiger charge is 2.30. The first-order valence-corrected chi connectivity index (χ1v) is 9.48. The van der Waals surface area contributed by atoms with E-state index in [1.807, 2.05) is 30.3 Å². The molecule has 0 bridgehead atoms. The van der Waals surface area contributed by atoms with Crippen LogP contribution in [0.3, 0.4) is 0 Å². The third kappa shape index (κ3) is 5.12. The standard InChI is InChI=1S/C23H16F3N3O3/c24-23(25,26)17-7-4-8-18(13-17)27-20(30)14-31-19-11-9-16(10-12-19)22-29-28-21(32-22)15-5-2-1-3-6-15/h1-13H,14H2,(H,27,30). The Morgan fingerprint density at radius 3 is 2.19 bits per heavy atom. The summed E-state index contributed by atoms with van der Waals surface area (Å²) in [5.41, 5.74) is 0.663. The number of rotatable bonds is 6. The largest absolute Gasteiger partial charge is 0.484 e. The van der Waals surface area contributed by atoms with Gasteiger partial charge in [-0.2, -0.15) is 13.2 Å². The van der Waals surface area contributed by atoms with Crippen molar-refractivity contribution in [2.75, 3.05) is 11.9 Å². The van der Waals surface area contributed by atoms with Crippen molar-refractivity contribution < 1.29 is 27.1 Å². The number of benzene rings is 3. The zero-order chi connectivity index (χ0) is 22.6. The van der Waals surface area contributed by atoms with Gasteiger partial charge in [0.05, 0.1) is 5.56 Å². The van der Waals surface area contributed by atoms with Gasteiger partial charge in [0.25, 0.3) is 5.91 Å². The van der Waals surface area contributed by atoms with Crippen LogP contribution < -0.4 is 10.1 Å². The van der Waals surface area contributed by atoms with Gasteiger partial charge < -0.3 is 14.5 Å². The summed E-state index contributed by atoms with van der Waals surface area (Å²) >= 11 is 0. The summed E-state index contributed by atoms with van der Waals surface area (Å²) in [5.74, 6) is 0.540. The van der Waals surface area contributed by atoms with Crippen molar-refractivity contribution in [1.29, 1.82) is 0 Å². The van der Waals surface area contributed by atoms with E-state index in [1.54, 1.807) is 24.3 Å². The lowest BCUT2D eigenvalue weighted by Gasteiger charge is -2.10. The lowest BCUT2D eigenvalue weighted by Crippen LogP contribution is -2.20. The van der Waals surface area contributed by atoms with Gasteiger partial charge >= 0.3 is 6.18 Å². The fourth-order valence-electron chi connectivity index (χ4n) is 2.85. The molecular weight excluding hydrogens is 423 g/mol. The van der Waals surface area contributed by atoms with E-state index in [-0.39, 0.29) is 12.3 Å². The van der Waals surface area contributed by atoms with Gasteiger partial charge in [0.15, 0.2) is 6.61 Å². The molecule has 1 amide bonds. The number of carbonyl (C=O) groups excluding carboxylic acids is 1. The Morgan fingerprint density at radius 2 is 1.53 bits per heavy atom. The Labute approximate surface area is 180 Å². The first-order valence-electron chi connectivity index (χ1n) is 9.48. The predicted molar refractivity (Wildman–Crippen MR) is 111 cm³/mol. The lowest BCUT2D eigenvalue weighted by atomic mass is 10.2. The molecule has 9 heteroatoms. The summed E-state index contributed by atoms with van der Waals surface area (Å²) in [4.78, 5) is 12.0. The second-order valence-electron chi connectivity index (χ2n) is 6.72. The summed E-state index contributed by atoms with van der Waals surface area (Å²) in [6, 6.07) is 20.4. The molecule has 0 saturated heterocycles. The van der Waals surface area contributed by atoms with Crippen molar-refractivity contribution in [1.82, 2.24) is 10.2 Å². The minimum Gasteiger partial charge on any atom is -0.484 e. The summed E-state index contributed by atoms with van der Waals surface area (Å²) in [6.07, 6.45) is -4.49. The van der Waals surface area contributed by atoms with E-state index < -0.39 is 17.6 Å². The highest BCUT2D eigenvalue weighted by molar-refractivity contribution is 5.92. The second-order valence-corrected chi connectivity index (χ2v) is 6.72. The van der Waals surface area contributed by atoms with Crippen LogP contribution in [0, 0.1) is 0 Å². The molecule has 4 aromatic rings. The third-order valence-electron chi connectivity index (χ3n) is 4.39. The molecule has 1 aromatic heterocycles. The van der Waals surface area contributed by atoms with Gasteiger partial charge in [0.1, 0.15) is 5.75 Å². The van der Waals surface area contributed by atoms with E-state index in [1.165, 1.54) is 12.1 Å². The molecule has 162 valence electrons. The fourth-order valence-corrected chi connectivity index (χ4v) is 2.85. The number of hydrogen-bond acceptors (Lipinski definition) is 5. The molecule has 0 aliphatic rings. The van der Waals surface area contributed by atoms with Crippen LogP contribution >= 0.6 is 0 Å². The van der Waals surface area contributed by atoms with Crippen molar-refractivity contribution >= 4 is 11.6 Å². The maximum Gasteiger partial charge on any atom is 0.416 e. The smallest absolute Gasteiger partial charge is 0.416 e. The SMILES string of the molecule is O=C(COc1ccc(-c2nnc(-c3ccccc3)o2)cc1)Nc1cccc(C(F)(F)F)c1. The van der Waals surface area contributed by atoms with Gasteiger partial charge in [-0.1, -0.05) is 24.3 Å². The number of amides is 1. The van der Waals surface area contributed by atoms with Crippen LogP contribution in [0.25, 0.3) is 22.9 Å². The number of anilines is 1. The molecule has 0 saturated carbocycles. The molecule has 0 spiro atoms. The Bertz CT molecular complexity index is 1210. The van der Waals surface area contributed by atoms with Gasteiger partial charge in [-0.15, -0.1) is 10.2 Å². The number of alkyl halides is 3. The van der Waals surface area contributed by atoms with Crippen molar-refractivity contribution in [2.45, 2.75) is 6.18 Å². The van der Waals surface area contributed by atoms with E-state index in [9.17, 15) is 18.0 Å². The summed E-state index contributed by atoms with van der Waals surface area (Å²) in [5, 5.41) is 10.5. The molecule has 6 nitrogen and oxygen atoms in total. The zero-order valence-corrected chi connectivity index (χ0v) is 16.5. The van der Waals surface area contributed by atoms with Crippen molar-refractivity contribution in [3.05, 3.63) is 84.4 Å². The fraction of sp³-hybridized carbons (Fsp3) is 0.0870. The number of halogens is 3. The van der Waals surface area contributed by atoms with Crippen LogP contribution in [0.1, 0.15) is 5.56 Å². The average Bonchev–Trinajstić information content (AvgIpc) is 3.29. The maximum absolute atomic E-state index is 12.8. The number of hydrogen-bond donors (Lipinski definition) is 1. The number of aromatic nitrogens is 2. The van der Waals surface area contributed by atoms with Crippen molar-refractivity contribution in [3.63, 3.8) is 0 Å². The minimum absolute atomic E-state index is 0.0365. The van der Waals surface area contributed by atoms with Gasteiger partial charge in [0, 0.05) is 16.8 Å². The first-order chi connectivity index (χ1) is 15.4. The second kappa shape index (κ2) is 8.93. The van der Waals surface area contributed by atoms with Gasteiger partial charge in [-0.3, -0.25) is 4.79 Å². The van der Waals surface area contributed by atoms with E-state index >= 15 is 0 Å². The normalized spacial score (nSPS) is 11.2. The highest BCUT2D eigenvalue weighted by Crippen LogP contribution is 2.30. The van der Waals surface area contributed by atoms with Crippen LogP contribution in [-0.2, 0) is 11.0 Å². The quantitative estimate of drug-likeness (QED) is 0.433. The molecule has 0 atom stereocenters. The Balaban J connectivity index is 1.34. The Hall–Kier alpha value is -4.14. The third-order valence-corrected chi connectivity index (χ3v) is 4.39. The Morgan fingerprint density at radius 1 is 0.875 bits per heavy atom. The van der Waals surface area contributed by atoms with E-state index in [2.05, 4.69) is 15.5 Å². The van der Waals surface area contributed by atoms with Crippen LogP contribution in [0.4, 0.5) is 18.9 Å². The monoisotopic (exact) mass is 439 g/mol. The number of ether oxygens (including phenoxy) is 1. The zero-order valence-electron chi connectivity index (χ0n) is 16.5. The minimum atomic E-state index is -4.49. The molecule has 0 radical (unpaired) electrons. The van der Waals surface area contributed by atoms with Gasteiger partial charge in [-0.05, 0) is 54.6 Å². The highest BCUT2D eigenvalue weighted by atomic mass is 19.4. The molecule has 32 heavy (non-hydrogen) atoms. The summed E-state index contributed by atoms with van der Waals surface area (Å²) < 4.78 is 49.4. The molecule has 1 heterocycles. The number of nitrogens with one attached hydrogen (secondary N) is 1. The average molecular weight is 439 g/mol. The number of nitrogens with zero attached hydrogens (tertiary/aromatic N) is 2. The van der Waals surface area contributed by atoms with Crippen molar-refractivity contribution in [3.8, 4) is 28.7 Å². The Kier molecular flexibility index (Phi) is 5.89. The van der Waals surface area contributed by atoms with E-state index in [4.69, 9.17) is 9.15 Å². The molecule has 0 aliphatic heterocycles. The molecule has 4 rings (SSSR count). The predicted octanol–water partition coefficient (Wildman–Crippen LogP) is 5.44. The molecular formula is C23H16F3N3O3. The number of carbonyl (C=O) groups is 1. The van der Waals surface area contributed by atoms with E-state index in [0.29, 0.717) is 23.1 Å².